The number of nitrogens with zero attached hydrogens (tertiary/aromatic N) is 1. The largest absolute Gasteiger partial charge is 0.481 e. The van der Waals surface area contributed by atoms with E-state index in [0.29, 0.717) is 5.88 Å². The number of rotatable bonds is 1. The zero-order valence-corrected chi connectivity index (χ0v) is 5.29. The van der Waals surface area contributed by atoms with Crippen LogP contribution in [0.2, 0.25) is 0 Å². The molecular weight excluding hydrogens is 114 g/mol. The van der Waals surface area contributed by atoms with E-state index in [2.05, 4.69) is 4.98 Å². The fourth-order valence-corrected chi connectivity index (χ4v) is 0.532. The summed E-state index contributed by atoms with van der Waals surface area (Å²) in [7, 11) is 1.57. The second kappa shape index (κ2) is 2.49. The molecule has 2 nitrogen and oxygen atoms in total. The van der Waals surface area contributed by atoms with E-state index in [-0.39, 0.29) is 6.90 Å². The van der Waals surface area contributed by atoms with Gasteiger partial charge >= 0.3 is 0 Å². The van der Waals surface area contributed by atoms with Crippen molar-refractivity contribution in [3.63, 3.8) is 0 Å². The minimum absolute atomic E-state index is 0.275. The predicted octanol–water partition coefficient (Wildman–Crippen LogP) is 1.40. The van der Waals surface area contributed by atoms with Crippen molar-refractivity contribution in [2.24, 2.45) is 0 Å². The Morgan fingerprint density at radius 1 is 1.67 bits per heavy atom. The summed E-state index contributed by atoms with van der Waals surface area (Å²) < 4.78 is 11.8. The maximum Gasteiger partial charge on any atom is 0.212 e. The molecule has 2 heteroatoms. The molecule has 9 heavy (non-hydrogen) atoms. The Balaban J connectivity index is 2.80. The molecule has 0 unspecified atom stereocenters. The molecule has 0 aromatic carbocycles. The van der Waals surface area contributed by atoms with Crippen LogP contribution in [-0.2, 0) is 0 Å². The first-order chi connectivity index (χ1) is 4.86. The van der Waals surface area contributed by atoms with Gasteiger partial charge in [-0.15, -0.1) is 0 Å². The van der Waals surface area contributed by atoms with Crippen LogP contribution in [0.15, 0.2) is 18.3 Å². The zero-order chi connectivity index (χ0) is 7.40. The van der Waals surface area contributed by atoms with Crippen molar-refractivity contribution in [3.05, 3.63) is 23.9 Å². The molecule has 1 heterocycles. The number of aryl methyl sites for hydroxylation is 1. The van der Waals surface area contributed by atoms with E-state index in [4.69, 9.17) is 6.11 Å². The summed E-state index contributed by atoms with van der Waals surface area (Å²) in [5.41, 5.74) is 0.904. The lowest BCUT2D eigenvalue weighted by Gasteiger charge is -1.95. The third-order valence-electron chi connectivity index (χ3n) is 1.01. The lowest BCUT2D eigenvalue weighted by atomic mass is 10.3. The van der Waals surface area contributed by atoms with Gasteiger partial charge in [-0.2, -0.15) is 0 Å². The number of methoxy groups -OCH3 is 1. The Kier molecular flexibility index (Phi) is 1.32. The highest BCUT2D eigenvalue weighted by molar-refractivity contribution is 5.15. The molecular formula is C7H9NO. The molecule has 1 aromatic rings. The van der Waals surface area contributed by atoms with Crippen molar-refractivity contribution in [1.29, 1.82) is 0 Å². The number of pyridine rings is 1. The summed E-state index contributed by atoms with van der Waals surface area (Å²) in [6.45, 7) is 0.275. The molecule has 1 rings (SSSR count). The van der Waals surface area contributed by atoms with Crippen LogP contribution in [0.1, 0.15) is 6.93 Å². The van der Waals surface area contributed by atoms with Gasteiger partial charge in [-0.1, -0.05) is 6.07 Å². The molecule has 0 saturated carbocycles. The van der Waals surface area contributed by atoms with E-state index in [1.165, 1.54) is 0 Å². The number of hydrogen-bond donors (Lipinski definition) is 0. The molecule has 0 spiro atoms. The van der Waals surface area contributed by atoms with Gasteiger partial charge < -0.3 is 4.74 Å². The fraction of sp³-hybridized carbons (Fsp3) is 0.286. The van der Waals surface area contributed by atoms with Crippen LogP contribution >= 0.6 is 0 Å². The van der Waals surface area contributed by atoms with E-state index in [1.807, 2.05) is 6.07 Å². The fourth-order valence-electron chi connectivity index (χ4n) is 0.532. The van der Waals surface area contributed by atoms with Crippen LogP contribution in [0.3, 0.4) is 0 Å². The smallest absolute Gasteiger partial charge is 0.212 e. The summed E-state index contributed by atoms with van der Waals surface area (Å²) in [6.07, 6.45) is 1.64. The molecule has 48 valence electrons. The summed E-state index contributed by atoms with van der Waals surface area (Å²) in [4.78, 5) is 3.93. The summed E-state index contributed by atoms with van der Waals surface area (Å²) in [5.74, 6) is 0.595. The van der Waals surface area contributed by atoms with Crippen LogP contribution in [0.5, 0.6) is 5.88 Å². The molecule has 0 bridgehead atoms. The Morgan fingerprint density at radius 3 is 3.00 bits per heavy atom. The first-order valence-electron chi connectivity index (χ1n) is 3.35. The summed E-state index contributed by atoms with van der Waals surface area (Å²) >= 11 is 0. The van der Waals surface area contributed by atoms with Gasteiger partial charge in [0.2, 0.25) is 5.88 Å². The molecule has 0 aliphatic rings. The standard InChI is InChI=1S/C7H9NO/c1-6-3-4-7(9-2)8-5-6/h3-5H,1-2H3/i1D. The van der Waals surface area contributed by atoms with Gasteiger partial charge in [0.25, 0.3) is 0 Å². The first-order valence-corrected chi connectivity index (χ1v) is 2.65. The van der Waals surface area contributed by atoms with Gasteiger partial charge in [0.1, 0.15) is 0 Å². The van der Waals surface area contributed by atoms with Crippen molar-refractivity contribution in [1.82, 2.24) is 4.98 Å². The highest BCUT2D eigenvalue weighted by atomic mass is 16.5. The summed E-state index contributed by atoms with van der Waals surface area (Å²) in [5, 5.41) is 0. The Labute approximate surface area is 55.9 Å². The topological polar surface area (TPSA) is 22.1 Å². The molecule has 0 aliphatic carbocycles. The van der Waals surface area contributed by atoms with Crippen molar-refractivity contribution in [2.75, 3.05) is 7.11 Å². The highest BCUT2D eigenvalue weighted by Crippen LogP contribution is 2.04. The molecule has 0 saturated heterocycles. The highest BCUT2D eigenvalue weighted by Gasteiger charge is 1.87. The van der Waals surface area contributed by atoms with Crippen LogP contribution in [0, 0.1) is 6.90 Å². The molecule has 0 radical (unpaired) electrons. The third-order valence-corrected chi connectivity index (χ3v) is 1.01. The van der Waals surface area contributed by atoms with Crippen LogP contribution < -0.4 is 4.74 Å². The average molecular weight is 124 g/mol. The van der Waals surface area contributed by atoms with E-state index in [9.17, 15) is 0 Å². The summed E-state index contributed by atoms with van der Waals surface area (Å²) in [6, 6.07) is 3.59. The maximum absolute atomic E-state index is 6.99. The minimum atomic E-state index is 0.275. The second-order valence-electron chi connectivity index (χ2n) is 1.71. The van der Waals surface area contributed by atoms with E-state index in [0.717, 1.165) is 5.56 Å². The monoisotopic (exact) mass is 124 g/mol. The Hall–Kier alpha value is -1.05. The van der Waals surface area contributed by atoms with Crippen molar-refractivity contribution < 1.29 is 6.11 Å². The molecule has 0 fully saturated rings. The van der Waals surface area contributed by atoms with Crippen molar-refractivity contribution in [3.8, 4) is 5.88 Å². The zero-order valence-electron chi connectivity index (χ0n) is 6.29. The molecule has 0 amide bonds. The normalized spacial score (nSPS) is 10.6. The van der Waals surface area contributed by atoms with Gasteiger partial charge in [-0.25, -0.2) is 4.98 Å². The predicted molar refractivity (Wildman–Crippen MR) is 35.5 cm³/mol. The Morgan fingerprint density at radius 2 is 2.56 bits per heavy atom. The number of ether oxygens (including phenoxy) is 1. The van der Waals surface area contributed by atoms with Gasteiger partial charge in [-0.05, 0) is 12.5 Å². The molecule has 1 aromatic heterocycles. The van der Waals surface area contributed by atoms with E-state index in [1.54, 1.807) is 19.4 Å². The second-order valence-corrected chi connectivity index (χ2v) is 1.71. The first kappa shape index (κ1) is 4.79. The Bertz CT molecular complexity index is 174. The van der Waals surface area contributed by atoms with E-state index < -0.39 is 0 Å². The lowest BCUT2D eigenvalue weighted by molar-refractivity contribution is 0.397. The SMILES string of the molecule is [2H]Cc1ccc(OC)nc1. The quantitative estimate of drug-likeness (QED) is 0.564. The van der Waals surface area contributed by atoms with Gasteiger partial charge in [-0.3, -0.25) is 0 Å². The van der Waals surface area contributed by atoms with Crippen molar-refractivity contribution in [2.45, 2.75) is 6.90 Å². The van der Waals surface area contributed by atoms with E-state index >= 15 is 0 Å². The minimum Gasteiger partial charge on any atom is -0.481 e. The lowest BCUT2D eigenvalue weighted by Crippen LogP contribution is -1.85. The average Bonchev–Trinajstić information content (AvgIpc) is 2.05. The van der Waals surface area contributed by atoms with Gasteiger partial charge in [0.05, 0.1) is 7.11 Å². The van der Waals surface area contributed by atoms with Crippen LogP contribution in [0.25, 0.3) is 0 Å². The number of hydrogen-bond acceptors (Lipinski definition) is 2. The van der Waals surface area contributed by atoms with Gasteiger partial charge in [0.15, 0.2) is 0 Å². The third kappa shape index (κ3) is 1.42. The van der Waals surface area contributed by atoms with Crippen LogP contribution in [-0.4, -0.2) is 12.1 Å². The molecule has 0 N–H and O–H groups in total. The molecule has 0 aliphatic heterocycles. The van der Waals surface area contributed by atoms with Gasteiger partial charge in [0, 0.05) is 13.6 Å². The van der Waals surface area contributed by atoms with Crippen molar-refractivity contribution >= 4 is 0 Å². The van der Waals surface area contributed by atoms with Crippen LogP contribution in [0.4, 0.5) is 0 Å². The molecule has 0 atom stereocenters. The maximum atomic E-state index is 6.99. The number of aromatic nitrogens is 1.